The molecule has 1 N–H and O–H groups in total. The Kier molecular flexibility index (Phi) is 3.31. The minimum atomic E-state index is 0.103. The second kappa shape index (κ2) is 4.72. The zero-order valence-corrected chi connectivity index (χ0v) is 10.1. The Morgan fingerprint density at radius 2 is 1.50 bits per heavy atom. The van der Waals surface area contributed by atoms with Gasteiger partial charge in [-0.3, -0.25) is 0 Å². The molecule has 2 aromatic rings. The molecule has 0 aliphatic rings. The third-order valence-electron chi connectivity index (χ3n) is 2.02. The third-order valence-corrected chi connectivity index (χ3v) is 2.70. The second-order valence-electron chi connectivity index (χ2n) is 3.25. The fourth-order valence-corrected chi connectivity index (χ4v) is 1.51. The van der Waals surface area contributed by atoms with Gasteiger partial charge in [-0.1, -0.05) is 0 Å². The van der Waals surface area contributed by atoms with E-state index in [1.807, 2.05) is 24.3 Å². The number of rotatable bonds is 2. The van der Waals surface area contributed by atoms with E-state index in [0.717, 1.165) is 4.90 Å². The number of ether oxygens (including phenoxy) is 1. The minimum absolute atomic E-state index is 0.103. The van der Waals surface area contributed by atoms with E-state index < -0.39 is 0 Å². The third kappa shape index (κ3) is 2.65. The first kappa shape index (κ1) is 11.2. The van der Waals surface area contributed by atoms with Gasteiger partial charge in [0.1, 0.15) is 17.2 Å². The summed E-state index contributed by atoms with van der Waals surface area (Å²) in [5.41, 5.74) is 0. The molecule has 2 rings (SSSR count). The van der Waals surface area contributed by atoms with Crippen LogP contribution in [0.25, 0.3) is 0 Å². The van der Waals surface area contributed by atoms with E-state index in [1.54, 1.807) is 12.1 Å². The number of phenolic OH excluding ortho intramolecular Hbond substituents is 1. The molecule has 0 unspecified atom stereocenters. The zero-order chi connectivity index (χ0) is 11.5. The highest BCUT2D eigenvalue weighted by molar-refractivity contribution is 7.80. The van der Waals surface area contributed by atoms with Crippen molar-refractivity contribution in [2.75, 3.05) is 0 Å². The van der Waals surface area contributed by atoms with Crippen LogP contribution in [0.5, 0.6) is 17.2 Å². The van der Waals surface area contributed by atoms with Crippen molar-refractivity contribution < 1.29 is 9.84 Å². The van der Waals surface area contributed by atoms with E-state index in [-0.39, 0.29) is 5.75 Å². The summed E-state index contributed by atoms with van der Waals surface area (Å²) < 4.78 is 5.54. The van der Waals surface area contributed by atoms with Gasteiger partial charge in [0.15, 0.2) is 0 Å². The number of hydrogen-bond donors (Lipinski definition) is 3. The Morgan fingerprint density at radius 1 is 0.875 bits per heavy atom. The molecule has 0 saturated heterocycles. The summed E-state index contributed by atoms with van der Waals surface area (Å²) in [5, 5.41) is 9.45. The highest BCUT2D eigenvalue weighted by Crippen LogP contribution is 2.29. The van der Waals surface area contributed by atoms with Gasteiger partial charge in [0.25, 0.3) is 0 Å². The van der Waals surface area contributed by atoms with E-state index in [4.69, 9.17) is 4.74 Å². The number of hydrogen-bond acceptors (Lipinski definition) is 4. The van der Waals surface area contributed by atoms with Gasteiger partial charge < -0.3 is 9.84 Å². The molecule has 4 heteroatoms. The van der Waals surface area contributed by atoms with E-state index >= 15 is 0 Å². The minimum Gasteiger partial charge on any atom is -0.507 e. The topological polar surface area (TPSA) is 29.5 Å². The molecule has 0 amide bonds. The molecule has 0 spiro atoms. The Morgan fingerprint density at radius 3 is 2.12 bits per heavy atom. The Balaban J connectivity index is 2.20. The van der Waals surface area contributed by atoms with Crippen molar-refractivity contribution in [1.82, 2.24) is 0 Å². The molecule has 0 aromatic heterocycles. The van der Waals surface area contributed by atoms with Gasteiger partial charge in [-0.05, 0) is 36.4 Å². The maximum absolute atomic E-state index is 9.45. The van der Waals surface area contributed by atoms with Crippen LogP contribution in [0.3, 0.4) is 0 Å². The lowest BCUT2D eigenvalue weighted by molar-refractivity contribution is 0.446. The Hall–Kier alpha value is -1.26. The molecule has 0 saturated carbocycles. The molecule has 0 heterocycles. The van der Waals surface area contributed by atoms with E-state index in [0.29, 0.717) is 16.4 Å². The van der Waals surface area contributed by atoms with Gasteiger partial charge in [-0.15, -0.1) is 25.3 Å². The average molecular weight is 250 g/mol. The van der Waals surface area contributed by atoms with Crippen molar-refractivity contribution in [2.24, 2.45) is 0 Å². The monoisotopic (exact) mass is 250 g/mol. The van der Waals surface area contributed by atoms with Crippen LogP contribution in [0, 0.1) is 0 Å². The lowest BCUT2D eigenvalue weighted by Crippen LogP contribution is -1.83. The van der Waals surface area contributed by atoms with Crippen LogP contribution >= 0.6 is 25.3 Å². The quantitative estimate of drug-likeness (QED) is 0.708. The van der Waals surface area contributed by atoms with Gasteiger partial charge in [-0.2, -0.15) is 0 Å². The molecule has 0 aliphatic carbocycles. The summed E-state index contributed by atoms with van der Waals surface area (Å²) >= 11 is 8.25. The van der Waals surface area contributed by atoms with Gasteiger partial charge >= 0.3 is 0 Å². The molecule has 0 radical (unpaired) electrons. The van der Waals surface area contributed by atoms with Crippen LogP contribution in [-0.2, 0) is 0 Å². The molecule has 2 nitrogen and oxygen atoms in total. The first-order valence-corrected chi connectivity index (χ1v) is 5.53. The van der Waals surface area contributed by atoms with Crippen LogP contribution in [0.1, 0.15) is 0 Å². The number of thiol groups is 2. The Bertz CT molecular complexity index is 495. The number of aromatic hydroxyl groups is 1. The van der Waals surface area contributed by atoms with Crippen LogP contribution in [0.4, 0.5) is 0 Å². The Labute approximate surface area is 105 Å². The highest BCUT2D eigenvalue weighted by Gasteiger charge is 2.01. The first-order chi connectivity index (χ1) is 7.65. The zero-order valence-electron chi connectivity index (χ0n) is 8.29. The van der Waals surface area contributed by atoms with Crippen molar-refractivity contribution in [3.63, 3.8) is 0 Å². The van der Waals surface area contributed by atoms with Crippen LogP contribution < -0.4 is 4.74 Å². The van der Waals surface area contributed by atoms with Crippen molar-refractivity contribution >= 4 is 25.3 Å². The maximum atomic E-state index is 9.45. The summed E-state index contributed by atoms with van der Waals surface area (Å²) in [6, 6.07) is 12.3. The summed E-state index contributed by atoms with van der Waals surface area (Å²) in [4.78, 5) is 1.40. The van der Waals surface area contributed by atoms with Crippen molar-refractivity contribution in [3.8, 4) is 17.2 Å². The average Bonchev–Trinajstić information content (AvgIpc) is 2.27. The van der Waals surface area contributed by atoms with Crippen LogP contribution in [0.15, 0.2) is 52.3 Å². The fraction of sp³-hybridized carbons (Fsp3) is 0. The SMILES string of the molecule is Oc1cc(Oc2ccc(S)cc2)ccc1S. The largest absolute Gasteiger partial charge is 0.507 e. The smallest absolute Gasteiger partial charge is 0.132 e. The molecule has 0 atom stereocenters. The molecule has 0 bridgehead atoms. The lowest BCUT2D eigenvalue weighted by Gasteiger charge is -2.06. The van der Waals surface area contributed by atoms with Crippen molar-refractivity contribution in [2.45, 2.75) is 9.79 Å². The normalized spacial score (nSPS) is 10.1. The fourth-order valence-electron chi connectivity index (χ4n) is 1.22. The molecule has 0 aliphatic heterocycles. The molecule has 82 valence electrons. The molecule has 0 fully saturated rings. The van der Waals surface area contributed by atoms with Gasteiger partial charge in [0.2, 0.25) is 0 Å². The van der Waals surface area contributed by atoms with Gasteiger partial charge in [0, 0.05) is 15.9 Å². The van der Waals surface area contributed by atoms with E-state index in [2.05, 4.69) is 25.3 Å². The highest BCUT2D eigenvalue weighted by atomic mass is 32.1. The van der Waals surface area contributed by atoms with E-state index in [1.165, 1.54) is 6.07 Å². The molecular weight excluding hydrogens is 240 g/mol. The lowest BCUT2D eigenvalue weighted by atomic mass is 10.3. The van der Waals surface area contributed by atoms with Gasteiger partial charge in [-0.25, -0.2) is 0 Å². The predicted molar refractivity (Wildman–Crippen MR) is 69.1 cm³/mol. The van der Waals surface area contributed by atoms with Crippen molar-refractivity contribution in [1.29, 1.82) is 0 Å². The van der Waals surface area contributed by atoms with Crippen molar-refractivity contribution in [3.05, 3.63) is 42.5 Å². The molecular formula is C12H10O2S2. The first-order valence-electron chi connectivity index (χ1n) is 4.64. The number of benzene rings is 2. The predicted octanol–water partition coefficient (Wildman–Crippen LogP) is 3.76. The van der Waals surface area contributed by atoms with Crippen LogP contribution in [0.2, 0.25) is 0 Å². The second-order valence-corrected chi connectivity index (χ2v) is 4.24. The number of phenols is 1. The van der Waals surface area contributed by atoms with Gasteiger partial charge in [0.05, 0.1) is 0 Å². The standard InChI is InChI=1S/C12H10O2S2/c13-11-7-9(3-6-12(11)16)14-8-1-4-10(15)5-2-8/h1-7,13,15-16H. The maximum Gasteiger partial charge on any atom is 0.132 e. The summed E-state index contributed by atoms with van der Waals surface area (Å²) in [7, 11) is 0. The summed E-state index contributed by atoms with van der Waals surface area (Å²) in [6.07, 6.45) is 0. The summed E-state index contributed by atoms with van der Waals surface area (Å²) in [5.74, 6) is 1.37. The summed E-state index contributed by atoms with van der Waals surface area (Å²) in [6.45, 7) is 0. The molecule has 16 heavy (non-hydrogen) atoms. The van der Waals surface area contributed by atoms with E-state index in [9.17, 15) is 5.11 Å². The van der Waals surface area contributed by atoms with Crippen LogP contribution in [-0.4, -0.2) is 5.11 Å². The molecule has 2 aromatic carbocycles.